The van der Waals surface area contributed by atoms with Crippen LogP contribution in [0.25, 0.3) is 22.2 Å². The first-order valence-electron chi connectivity index (χ1n) is 18.5. The molecule has 278 valence electrons. The molecule has 0 spiro atoms. The van der Waals surface area contributed by atoms with E-state index in [9.17, 15) is 9.50 Å². The summed E-state index contributed by atoms with van der Waals surface area (Å²) >= 11 is 0. The van der Waals surface area contributed by atoms with E-state index in [1.54, 1.807) is 12.1 Å². The Balaban J connectivity index is 1.34. The van der Waals surface area contributed by atoms with Gasteiger partial charge in [0.1, 0.15) is 30.2 Å². The van der Waals surface area contributed by atoms with Crippen LogP contribution in [0.3, 0.4) is 0 Å². The van der Waals surface area contributed by atoms with Crippen molar-refractivity contribution in [2.45, 2.75) is 50.8 Å². The lowest BCUT2D eigenvalue weighted by Crippen LogP contribution is -2.47. The van der Waals surface area contributed by atoms with Crippen LogP contribution < -0.4 is 0 Å². The molecule has 1 aromatic heterocycles. The van der Waals surface area contributed by atoms with Gasteiger partial charge in [0, 0.05) is 10.9 Å². The Hall–Kier alpha value is -5.54. The predicted molar refractivity (Wildman–Crippen MR) is 213 cm³/mol. The fourth-order valence-corrected chi connectivity index (χ4v) is 6.61. The first kappa shape index (κ1) is 37.8. The molecule has 1 heterocycles. The van der Waals surface area contributed by atoms with Crippen molar-refractivity contribution in [2.24, 2.45) is 0 Å². The molecule has 0 aliphatic carbocycles. The van der Waals surface area contributed by atoms with Gasteiger partial charge < -0.3 is 24.1 Å². The fraction of sp³-hybridized carbons (Fsp3) is 0.188. The summed E-state index contributed by atoms with van der Waals surface area (Å²) in [6, 6.07) is 55.7. The van der Waals surface area contributed by atoms with Crippen LogP contribution in [0.5, 0.6) is 0 Å². The van der Waals surface area contributed by atoms with Crippen LogP contribution in [-0.2, 0) is 45.4 Å². The molecule has 7 rings (SSSR count). The van der Waals surface area contributed by atoms with Crippen molar-refractivity contribution in [3.63, 3.8) is 0 Å². The van der Waals surface area contributed by atoms with E-state index in [1.165, 1.54) is 12.1 Å². The number of aromatic nitrogens is 1. The van der Waals surface area contributed by atoms with E-state index in [0.717, 1.165) is 44.3 Å². The second-order valence-corrected chi connectivity index (χ2v) is 13.4. The summed E-state index contributed by atoms with van der Waals surface area (Å²) in [5.41, 5.74) is 6.81. The number of aliphatic hydroxyl groups excluding tert-OH is 1. The van der Waals surface area contributed by atoms with E-state index in [-0.39, 0.29) is 32.2 Å². The van der Waals surface area contributed by atoms with E-state index in [2.05, 4.69) is 0 Å². The first-order valence-corrected chi connectivity index (χ1v) is 18.5. The lowest BCUT2D eigenvalue weighted by molar-refractivity contribution is -0.189. The Kier molecular flexibility index (Phi) is 13.2. The second-order valence-electron chi connectivity index (χ2n) is 13.4. The van der Waals surface area contributed by atoms with Gasteiger partial charge in [-0.1, -0.05) is 140 Å². The van der Waals surface area contributed by atoms with E-state index >= 15 is 0 Å². The van der Waals surface area contributed by atoms with Gasteiger partial charge in [0.2, 0.25) is 0 Å². The summed E-state index contributed by atoms with van der Waals surface area (Å²) in [6.45, 7) is 1.01. The van der Waals surface area contributed by atoms with Gasteiger partial charge in [-0.25, -0.2) is 9.37 Å². The Morgan fingerprint density at radius 3 is 1.55 bits per heavy atom. The largest absolute Gasteiger partial charge is 0.388 e. The molecule has 0 radical (unpaired) electrons. The molecule has 4 atom stereocenters. The smallest absolute Gasteiger partial charge is 0.123 e. The molecule has 1 N–H and O–H groups in total. The third-order valence-corrected chi connectivity index (χ3v) is 9.44. The van der Waals surface area contributed by atoms with Gasteiger partial charge >= 0.3 is 0 Å². The van der Waals surface area contributed by atoms with Gasteiger partial charge in [0.05, 0.1) is 44.2 Å². The van der Waals surface area contributed by atoms with Crippen LogP contribution in [0.1, 0.15) is 33.9 Å². The van der Waals surface area contributed by atoms with Gasteiger partial charge in [-0.05, 0) is 64.2 Å². The number of rotatable bonds is 18. The summed E-state index contributed by atoms with van der Waals surface area (Å²) in [5.74, 6) is -0.329. The van der Waals surface area contributed by atoms with Gasteiger partial charge in [-0.2, -0.15) is 0 Å². The molecule has 0 unspecified atom stereocenters. The average Bonchev–Trinajstić information content (AvgIpc) is 3.24. The van der Waals surface area contributed by atoms with Gasteiger partial charge in [-0.15, -0.1) is 0 Å². The van der Waals surface area contributed by atoms with Crippen molar-refractivity contribution in [3.05, 3.63) is 210 Å². The topological polar surface area (TPSA) is 70.0 Å². The highest BCUT2D eigenvalue weighted by atomic mass is 19.1. The molecule has 6 aromatic carbocycles. The van der Waals surface area contributed by atoms with E-state index in [1.807, 2.05) is 152 Å². The normalized spacial score (nSPS) is 13.6. The SMILES string of the molecule is O[C@H](COCc1ccccc1)[C@H](OCc1ccccc1)[C@H](OCc1ccccc1)[C@H](OCc1ccccc1)c1cc(-c2ccc(F)cc2)nc2ccccc12. The number of nitrogens with zero attached hydrogens (tertiary/aromatic N) is 1. The molecule has 0 bridgehead atoms. The number of para-hydroxylation sites is 1. The van der Waals surface area contributed by atoms with E-state index in [4.69, 9.17) is 23.9 Å². The van der Waals surface area contributed by atoms with Crippen molar-refractivity contribution >= 4 is 10.9 Å². The number of aliphatic hydroxyl groups is 1. The molecule has 55 heavy (non-hydrogen) atoms. The second kappa shape index (κ2) is 19.2. The molecule has 6 nitrogen and oxygen atoms in total. The zero-order valence-corrected chi connectivity index (χ0v) is 30.5. The molecule has 7 heteroatoms. The molecular formula is C48H44FNO5. The van der Waals surface area contributed by atoms with Crippen LogP contribution in [0.2, 0.25) is 0 Å². The molecule has 0 fully saturated rings. The highest BCUT2D eigenvalue weighted by Crippen LogP contribution is 2.37. The van der Waals surface area contributed by atoms with Crippen molar-refractivity contribution in [3.8, 4) is 11.3 Å². The van der Waals surface area contributed by atoms with Crippen LogP contribution in [-0.4, -0.2) is 35.0 Å². The van der Waals surface area contributed by atoms with Crippen LogP contribution in [0.15, 0.2) is 176 Å². The van der Waals surface area contributed by atoms with Gasteiger partial charge in [0.25, 0.3) is 0 Å². The number of hydrogen-bond acceptors (Lipinski definition) is 6. The number of benzene rings is 6. The third-order valence-electron chi connectivity index (χ3n) is 9.44. The lowest BCUT2D eigenvalue weighted by atomic mass is 9.92. The molecule has 0 aliphatic heterocycles. The van der Waals surface area contributed by atoms with Crippen molar-refractivity contribution in [2.75, 3.05) is 6.61 Å². The average molecular weight is 734 g/mol. The van der Waals surface area contributed by atoms with Crippen LogP contribution >= 0.6 is 0 Å². The summed E-state index contributed by atoms with van der Waals surface area (Å²) in [7, 11) is 0. The molecule has 0 aliphatic rings. The first-order chi connectivity index (χ1) is 27.1. The Morgan fingerprint density at radius 1 is 0.509 bits per heavy atom. The monoisotopic (exact) mass is 733 g/mol. The third kappa shape index (κ3) is 10.4. The number of ether oxygens (including phenoxy) is 4. The number of halogens is 1. The molecular weight excluding hydrogens is 690 g/mol. The summed E-state index contributed by atoms with van der Waals surface area (Å²) < 4.78 is 40.9. The van der Waals surface area contributed by atoms with Gasteiger partial charge in [0.15, 0.2) is 0 Å². The van der Waals surface area contributed by atoms with Crippen LogP contribution in [0, 0.1) is 5.82 Å². The summed E-state index contributed by atoms with van der Waals surface area (Å²) in [4.78, 5) is 5.00. The highest BCUT2D eigenvalue weighted by molar-refractivity contribution is 5.85. The Bertz CT molecular complexity index is 2190. The zero-order chi connectivity index (χ0) is 37.7. The van der Waals surface area contributed by atoms with Crippen LogP contribution in [0.4, 0.5) is 4.39 Å². The van der Waals surface area contributed by atoms with E-state index in [0.29, 0.717) is 12.3 Å². The highest BCUT2D eigenvalue weighted by Gasteiger charge is 2.39. The predicted octanol–water partition coefficient (Wildman–Crippen LogP) is 10.0. The minimum absolute atomic E-state index is 0.0110. The number of fused-ring (bicyclic) bond motifs is 1. The molecule has 0 amide bonds. The number of pyridine rings is 1. The Morgan fingerprint density at radius 2 is 0.982 bits per heavy atom. The maximum atomic E-state index is 14.1. The quantitative estimate of drug-likeness (QED) is 0.0947. The van der Waals surface area contributed by atoms with Crippen molar-refractivity contribution in [1.82, 2.24) is 4.98 Å². The van der Waals surface area contributed by atoms with Crippen molar-refractivity contribution in [1.29, 1.82) is 0 Å². The Labute approximate surface area is 321 Å². The maximum absolute atomic E-state index is 14.1. The lowest BCUT2D eigenvalue weighted by Gasteiger charge is -2.37. The minimum Gasteiger partial charge on any atom is -0.388 e. The molecule has 7 aromatic rings. The minimum atomic E-state index is -1.11. The van der Waals surface area contributed by atoms with Crippen molar-refractivity contribution < 1.29 is 28.4 Å². The maximum Gasteiger partial charge on any atom is 0.123 e. The van der Waals surface area contributed by atoms with Gasteiger partial charge in [-0.3, -0.25) is 0 Å². The standard InChI is InChI=1S/C48H44FNO5/c49-40-27-25-39(26-28-40)44-29-42(41-23-13-14-24-43(41)50-44)46(53-31-36-17-7-2-8-18-36)48(55-33-38-21-11-4-12-22-38)47(54-32-37-19-9-3-10-20-37)45(51)34-52-30-35-15-5-1-6-16-35/h1-29,45-48,51H,30-34H2/t45-,46-,47+,48-/m1/s1. The number of hydrogen-bond donors (Lipinski definition) is 1. The zero-order valence-electron chi connectivity index (χ0n) is 30.5. The molecule has 0 saturated carbocycles. The summed E-state index contributed by atoms with van der Waals surface area (Å²) in [6.07, 6.45) is -3.65. The fourth-order valence-electron chi connectivity index (χ4n) is 6.61. The molecule has 0 saturated heterocycles. The summed E-state index contributed by atoms with van der Waals surface area (Å²) in [5, 5.41) is 13.0. The van der Waals surface area contributed by atoms with E-state index < -0.39 is 24.4 Å².